The van der Waals surface area contributed by atoms with Crippen LogP contribution in [-0.4, -0.2) is 68.7 Å². The molecular weight excluding hydrogens is 380 g/mol. The minimum atomic E-state index is -0.211. The van der Waals surface area contributed by atoms with Gasteiger partial charge in [0.25, 0.3) is 11.8 Å². The monoisotopic (exact) mass is 416 g/mol. The van der Waals surface area contributed by atoms with E-state index in [1.165, 1.54) is 4.90 Å². The minimum Gasteiger partial charge on any atom is -0.383 e. The average Bonchev–Trinajstić information content (AvgIpc) is 2.98. The molecule has 2 amide bonds. The number of unbranched alkanes of at least 4 members (excludes halogenated alkanes) is 3. The number of benzene rings is 1. The first-order valence-electron chi connectivity index (χ1n) is 10.9. The number of nitrogens with zero attached hydrogens (tertiary/aromatic N) is 2. The molecule has 2 rings (SSSR count). The first-order chi connectivity index (χ1) is 14.5. The van der Waals surface area contributed by atoms with Crippen molar-refractivity contribution in [2.24, 2.45) is 0 Å². The second-order valence-corrected chi connectivity index (χ2v) is 7.82. The number of methoxy groups -OCH3 is 2. The fourth-order valence-electron chi connectivity index (χ4n) is 3.65. The number of carbonyl (C=O) groups is 2. The summed E-state index contributed by atoms with van der Waals surface area (Å²) in [6, 6.07) is 5.95. The molecule has 1 aromatic rings. The normalized spacial score (nSPS) is 14.2. The number of amides is 2. The van der Waals surface area contributed by atoms with Crippen molar-refractivity contribution in [3.63, 3.8) is 0 Å². The smallest absolute Gasteiger partial charge is 0.277 e. The van der Waals surface area contributed by atoms with Gasteiger partial charge in [0, 0.05) is 33.9 Å². The molecule has 0 saturated heterocycles. The van der Waals surface area contributed by atoms with Gasteiger partial charge in [-0.2, -0.15) is 0 Å². The van der Waals surface area contributed by atoms with E-state index in [0.717, 1.165) is 42.4 Å². The van der Waals surface area contributed by atoms with E-state index in [1.807, 2.05) is 36.9 Å². The van der Waals surface area contributed by atoms with Crippen LogP contribution >= 0.6 is 0 Å². The van der Waals surface area contributed by atoms with Gasteiger partial charge in [-0.3, -0.25) is 14.5 Å². The van der Waals surface area contributed by atoms with Crippen LogP contribution in [0.3, 0.4) is 0 Å². The summed E-state index contributed by atoms with van der Waals surface area (Å²) in [6.07, 6.45) is 4.06. The molecule has 0 fully saturated rings. The van der Waals surface area contributed by atoms with Crippen LogP contribution in [0.15, 0.2) is 23.9 Å². The second-order valence-electron chi connectivity index (χ2n) is 7.82. The Hall–Kier alpha value is -2.18. The summed E-state index contributed by atoms with van der Waals surface area (Å²) < 4.78 is 10.5. The van der Waals surface area contributed by atoms with Gasteiger partial charge >= 0.3 is 0 Å². The van der Waals surface area contributed by atoms with E-state index in [0.29, 0.717) is 44.1 Å². The number of hydrogen-bond donors (Lipinski definition) is 0. The van der Waals surface area contributed by atoms with E-state index in [1.54, 1.807) is 14.2 Å². The molecule has 0 aliphatic carbocycles. The molecule has 30 heavy (non-hydrogen) atoms. The number of carbonyl (C=O) groups excluding carboxylic acids is 2. The fourth-order valence-corrected chi connectivity index (χ4v) is 3.65. The highest BCUT2D eigenvalue weighted by Crippen LogP contribution is 2.32. The maximum Gasteiger partial charge on any atom is 0.277 e. The molecular formula is C24H36N2O4. The molecule has 0 unspecified atom stereocenters. The molecule has 1 aromatic carbocycles. The van der Waals surface area contributed by atoms with E-state index in [9.17, 15) is 9.59 Å². The van der Waals surface area contributed by atoms with Gasteiger partial charge in [0.15, 0.2) is 0 Å². The van der Waals surface area contributed by atoms with Crippen LogP contribution in [0.1, 0.15) is 49.3 Å². The number of rotatable bonds is 13. The van der Waals surface area contributed by atoms with Gasteiger partial charge in [0.2, 0.25) is 0 Å². The highest BCUT2D eigenvalue weighted by Gasteiger charge is 2.41. The van der Waals surface area contributed by atoms with Crippen LogP contribution in [0.2, 0.25) is 0 Å². The van der Waals surface area contributed by atoms with Crippen LogP contribution in [0.5, 0.6) is 0 Å². The van der Waals surface area contributed by atoms with Crippen molar-refractivity contribution < 1.29 is 19.1 Å². The second kappa shape index (κ2) is 11.9. The van der Waals surface area contributed by atoms with Crippen molar-refractivity contribution in [1.82, 2.24) is 9.80 Å². The third-order valence-electron chi connectivity index (χ3n) is 5.62. The fraction of sp³-hybridized carbons (Fsp3) is 0.583. The van der Waals surface area contributed by atoms with Gasteiger partial charge in [0.1, 0.15) is 5.70 Å². The molecule has 0 atom stereocenters. The van der Waals surface area contributed by atoms with Crippen LogP contribution in [0.25, 0.3) is 5.57 Å². The summed E-state index contributed by atoms with van der Waals surface area (Å²) in [5, 5.41) is 0. The molecule has 0 radical (unpaired) electrons. The first kappa shape index (κ1) is 24.1. The number of imide groups is 1. The first-order valence-corrected chi connectivity index (χ1v) is 10.9. The van der Waals surface area contributed by atoms with Gasteiger partial charge in [-0.15, -0.1) is 0 Å². The van der Waals surface area contributed by atoms with Gasteiger partial charge in [-0.25, -0.2) is 0 Å². The van der Waals surface area contributed by atoms with Gasteiger partial charge in [0.05, 0.1) is 18.8 Å². The zero-order valence-corrected chi connectivity index (χ0v) is 19.1. The zero-order chi connectivity index (χ0) is 22.1. The van der Waals surface area contributed by atoms with Gasteiger partial charge in [-0.05, 0) is 37.0 Å². The van der Waals surface area contributed by atoms with Crippen molar-refractivity contribution >= 4 is 17.4 Å². The van der Waals surface area contributed by atoms with Crippen molar-refractivity contribution in [3.8, 4) is 0 Å². The topological polar surface area (TPSA) is 59.1 Å². The van der Waals surface area contributed by atoms with E-state index >= 15 is 0 Å². The Balaban J connectivity index is 2.45. The predicted octanol–water partition coefficient (Wildman–Crippen LogP) is 3.56. The molecule has 0 spiro atoms. The molecule has 1 aliphatic heterocycles. The molecule has 6 nitrogen and oxygen atoms in total. The standard InChI is InChI=1S/C24H36N2O4/c1-6-7-8-9-12-26-23(27)21(20-11-10-18(2)19(3)17-20)22(24(26)28)25(13-15-29-4)14-16-30-5/h10-11,17H,6-9,12-16H2,1-5H3. The molecule has 0 bridgehead atoms. The number of aryl methyl sites for hydroxylation is 2. The molecule has 0 N–H and O–H groups in total. The molecule has 1 heterocycles. The average molecular weight is 417 g/mol. The predicted molar refractivity (Wildman–Crippen MR) is 119 cm³/mol. The van der Waals surface area contributed by atoms with Crippen molar-refractivity contribution in [3.05, 3.63) is 40.6 Å². The maximum absolute atomic E-state index is 13.4. The van der Waals surface area contributed by atoms with Crippen molar-refractivity contribution in [2.45, 2.75) is 46.5 Å². The lowest BCUT2D eigenvalue weighted by atomic mass is 9.99. The lowest BCUT2D eigenvalue weighted by Gasteiger charge is -2.25. The van der Waals surface area contributed by atoms with E-state index in [2.05, 4.69) is 6.92 Å². The molecule has 1 aliphatic rings. The lowest BCUT2D eigenvalue weighted by Crippen LogP contribution is -2.38. The Morgan fingerprint density at radius 2 is 1.57 bits per heavy atom. The van der Waals surface area contributed by atoms with Crippen LogP contribution in [-0.2, 0) is 19.1 Å². The van der Waals surface area contributed by atoms with Gasteiger partial charge in [-0.1, -0.05) is 44.4 Å². The van der Waals surface area contributed by atoms with Crippen molar-refractivity contribution in [1.29, 1.82) is 0 Å². The summed E-state index contributed by atoms with van der Waals surface area (Å²) in [5.74, 6) is -0.411. The lowest BCUT2D eigenvalue weighted by molar-refractivity contribution is -0.137. The third kappa shape index (κ3) is 5.70. The molecule has 0 aromatic heterocycles. The number of ether oxygens (including phenoxy) is 2. The van der Waals surface area contributed by atoms with E-state index in [-0.39, 0.29) is 11.8 Å². The highest BCUT2D eigenvalue weighted by molar-refractivity contribution is 6.35. The highest BCUT2D eigenvalue weighted by atomic mass is 16.5. The largest absolute Gasteiger partial charge is 0.383 e. The molecule has 6 heteroatoms. The molecule has 0 saturated carbocycles. The van der Waals surface area contributed by atoms with E-state index < -0.39 is 0 Å². The Morgan fingerprint density at radius 3 is 2.13 bits per heavy atom. The van der Waals surface area contributed by atoms with Crippen molar-refractivity contribution in [2.75, 3.05) is 47.1 Å². The summed E-state index contributed by atoms with van der Waals surface area (Å²) in [7, 11) is 3.27. The SMILES string of the molecule is CCCCCCN1C(=O)C(c2ccc(C)c(C)c2)=C(N(CCOC)CCOC)C1=O. The van der Waals surface area contributed by atoms with Crippen LogP contribution < -0.4 is 0 Å². The zero-order valence-electron chi connectivity index (χ0n) is 19.1. The van der Waals surface area contributed by atoms with Crippen LogP contribution in [0.4, 0.5) is 0 Å². The summed E-state index contributed by atoms with van der Waals surface area (Å²) in [6.45, 7) is 8.64. The minimum absolute atomic E-state index is 0.199. The van der Waals surface area contributed by atoms with E-state index in [4.69, 9.17) is 9.47 Å². The summed E-state index contributed by atoms with van der Waals surface area (Å²) in [5.41, 5.74) is 4.01. The third-order valence-corrected chi connectivity index (χ3v) is 5.62. The quantitative estimate of drug-likeness (QED) is 0.363. The maximum atomic E-state index is 13.4. The number of hydrogen-bond acceptors (Lipinski definition) is 5. The Kier molecular flexibility index (Phi) is 9.53. The molecule has 166 valence electrons. The Labute approximate surface area is 180 Å². The summed E-state index contributed by atoms with van der Waals surface area (Å²) >= 11 is 0. The Bertz CT molecular complexity index is 764. The Morgan fingerprint density at radius 1 is 0.900 bits per heavy atom. The van der Waals surface area contributed by atoms with Gasteiger partial charge < -0.3 is 14.4 Å². The van der Waals surface area contributed by atoms with Crippen LogP contribution in [0, 0.1) is 13.8 Å². The summed E-state index contributed by atoms with van der Waals surface area (Å²) in [4.78, 5) is 30.2.